The Bertz CT molecular complexity index is 805. The van der Waals surface area contributed by atoms with Crippen LogP contribution in [0.1, 0.15) is 30.4 Å². The van der Waals surface area contributed by atoms with E-state index < -0.39 is 0 Å². The SMILES string of the molecule is C[C@H](CNC(=O)CCc1cccc2ccccc12)c1ccccc1. The second-order valence-corrected chi connectivity index (χ2v) is 6.25. The summed E-state index contributed by atoms with van der Waals surface area (Å²) < 4.78 is 0. The molecule has 2 heteroatoms. The molecule has 2 nitrogen and oxygen atoms in total. The first-order chi connectivity index (χ1) is 11.7. The molecule has 0 aliphatic heterocycles. The maximum absolute atomic E-state index is 12.2. The Balaban J connectivity index is 1.54. The number of carbonyl (C=O) groups excluding carboxylic acids is 1. The van der Waals surface area contributed by atoms with E-state index in [1.807, 2.05) is 30.3 Å². The third kappa shape index (κ3) is 4.02. The number of benzene rings is 3. The third-order valence-corrected chi connectivity index (χ3v) is 4.48. The van der Waals surface area contributed by atoms with Gasteiger partial charge in [-0.2, -0.15) is 0 Å². The van der Waals surface area contributed by atoms with E-state index in [-0.39, 0.29) is 5.91 Å². The zero-order chi connectivity index (χ0) is 16.8. The molecule has 0 fully saturated rings. The molecule has 3 aromatic carbocycles. The molecule has 0 bridgehead atoms. The highest BCUT2D eigenvalue weighted by molar-refractivity contribution is 5.86. The van der Waals surface area contributed by atoms with E-state index >= 15 is 0 Å². The van der Waals surface area contributed by atoms with Crippen molar-refractivity contribution in [3.8, 4) is 0 Å². The number of amides is 1. The minimum atomic E-state index is 0.116. The smallest absolute Gasteiger partial charge is 0.220 e. The fourth-order valence-electron chi connectivity index (χ4n) is 3.01. The van der Waals surface area contributed by atoms with Crippen LogP contribution in [0.2, 0.25) is 0 Å². The lowest BCUT2D eigenvalue weighted by molar-refractivity contribution is -0.121. The van der Waals surface area contributed by atoms with Crippen LogP contribution >= 0.6 is 0 Å². The van der Waals surface area contributed by atoms with Gasteiger partial charge in [-0.15, -0.1) is 0 Å². The molecule has 1 amide bonds. The molecule has 0 aliphatic rings. The molecule has 1 N–H and O–H groups in total. The summed E-state index contributed by atoms with van der Waals surface area (Å²) in [6, 6.07) is 24.9. The van der Waals surface area contributed by atoms with Gasteiger partial charge < -0.3 is 5.32 Å². The largest absolute Gasteiger partial charge is 0.355 e. The van der Waals surface area contributed by atoms with Gasteiger partial charge in [0.1, 0.15) is 0 Å². The molecule has 0 aromatic heterocycles. The molecule has 0 radical (unpaired) electrons. The number of rotatable bonds is 6. The zero-order valence-electron chi connectivity index (χ0n) is 14.0. The number of hydrogen-bond acceptors (Lipinski definition) is 1. The number of aryl methyl sites for hydroxylation is 1. The molecule has 0 aliphatic carbocycles. The van der Waals surface area contributed by atoms with Crippen LogP contribution < -0.4 is 5.32 Å². The van der Waals surface area contributed by atoms with E-state index in [2.05, 4.69) is 54.7 Å². The van der Waals surface area contributed by atoms with Gasteiger partial charge in [0.05, 0.1) is 0 Å². The fraction of sp³-hybridized carbons (Fsp3) is 0.227. The highest BCUT2D eigenvalue weighted by atomic mass is 16.1. The van der Waals surface area contributed by atoms with Crippen LogP contribution in [0.15, 0.2) is 72.8 Å². The van der Waals surface area contributed by atoms with Crippen molar-refractivity contribution in [3.05, 3.63) is 83.9 Å². The lowest BCUT2D eigenvalue weighted by Gasteiger charge is -2.13. The van der Waals surface area contributed by atoms with E-state index in [1.54, 1.807) is 0 Å². The average molecular weight is 317 g/mol. The topological polar surface area (TPSA) is 29.1 Å². The van der Waals surface area contributed by atoms with Crippen LogP contribution in [0.3, 0.4) is 0 Å². The van der Waals surface area contributed by atoms with Gasteiger partial charge in [-0.1, -0.05) is 79.7 Å². The van der Waals surface area contributed by atoms with Gasteiger partial charge in [-0.3, -0.25) is 4.79 Å². The Morgan fingerprint density at radius 1 is 0.917 bits per heavy atom. The first-order valence-corrected chi connectivity index (χ1v) is 8.52. The average Bonchev–Trinajstić information content (AvgIpc) is 2.65. The number of carbonyl (C=O) groups is 1. The summed E-state index contributed by atoms with van der Waals surface area (Å²) in [4.78, 5) is 12.2. The van der Waals surface area contributed by atoms with Crippen molar-refractivity contribution < 1.29 is 4.79 Å². The van der Waals surface area contributed by atoms with E-state index in [4.69, 9.17) is 0 Å². The fourth-order valence-corrected chi connectivity index (χ4v) is 3.01. The summed E-state index contributed by atoms with van der Waals surface area (Å²) in [5, 5.41) is 5.53. The molecule has 0 heterocycles. The summed E-state index contributed by atoms with van der Waals surface area (Å²) in [7, 11) is 0. The predicted molar refractivity (Wildman–Crippen MR) is 100 cm³/mol. The van der Waals surface area contributed by atoms with Crippen LogP contribution in [0.25, 0.3) is 10.8 Å². The van der Waals surface area contributed by atoms with Crippen molar-refractivity contribution in [2.45, 2.75) is 25.7 Å². The van der Waals surface area contributed by atoms with Gasteiger partial charge in [-0.05, 0) is 34.2 Å². The Kier molecular flexibility index (Phi) is 5.27. The lowest BCUT2D eigenvalue weighted by Crippen LogP contribution is -2.27. The highest BCUT2D eigenvalue weighted by Crippen LogP contribution is 2.19. The lowest BCUT2D eigenvalue weighted by atomic mass is 10.00. The molecule has 0 saturated carbocycles. The molecular weight excluding hydrogens is 294 g/mol. The van der Waals surface area contributed by atoms with Crippen molar-refractivity contribution >= 4 is 16.7 Å². The highest BCUT2D eigenvalue weighted by Gasteiger charge is 2.08. The summed E-state index contributed by atoms with van der Waals surface area (Å²) in [5.74, 6) is 0.443. The predicted octanol–water partition coefficient (Wildman–Crippen LogP) is 4.69. The quantitative estimate of drug-likeness (QED) is 0.702. The monoisotopic (exact) mass is 317 g/mol. The van der Waals surface area contributed by atoms with Crippen LogP contribution in [0.4, 0.5) is 0 Å². The summed E-state index contributed by atoms with van der Waals surface area (Å²) in [6.45, 7) is 2.82. The molecular formula is C22H23NO. The first kappa shape index (κ1) is 16.3. The number of nitrogens with one attached hydrogen (secondary N) is 1. The molecule has 122 valence electrons. The summed E-state index contributed by atoms with van der Waals surface area (Å²) >= 11 is 0. The maximum atomic E-state index is 12.2. The van der Waals surface area contributed by atoms with Gasteiger partial charge in [0.15, 0.2) is 0 Å². The minimum absolute atomic E-state index is 0.116. The van der Waals surface area contributed by atoms with Crippen LogP contribution in [0, 0.1) is 0 Å². The van der Waals surface area contributed by atoms with Crippen molar-refractivity contribution in [1.82, 2.24) is 5.32 Å². The molecule has 0 spiro atoms. The Hall–Kier alpha value is -2.61. The van der Waals surface area contributed by atoms with Crippen LogP contribution in [-0.4, -0.2) is 12.5 Å². The van der Waals surface area contributed by atoms with Crippen molar-refractivity contribution in [1.29, 1.82) is 0 Å². The van der Waals surface area contributed by atoms with E-state index in [1.165, 1.54) is 21.9 Å². The molecule has 24 heavy (non-hydrogen) atoms. The normalized spacial score (nSPS) is 12.0. The van der Waals surface area contributed by atoms with E-state index in [9.17, 15) is 4.79 Å². The third-order valence-electron chi connectivity index (χ3n) is 4.48. The zero-order valence-corrected chi connectivity index (χ0v) is 14.0. The molecule has 0 saturated heterocycles. The first-order valence-electron chi connectivity index (χ1n) is 8.52. The van der Waals surface area contributed by atoms with Crippen LogP contribution in [0.5, 0.6) is 0 Å². The molecule has 1 atom stereocenters. The number of hydrogen-bond donors (Lipinski definition) is 1. The van der Waals surface area contributed by atoms with Gasteiger partial charge in [-0.25, -0.2) is 0 Å². The Morgan fingerprint density at radius 3 is 2.46 bits per heavy atom. The number of fused-ring (bicyclic) bond motifs is 1. The standard InChI is InChI=1S/C22H23NO/c1-17(18-8-3-2-4-9-18)16-23-22(24)15-14-20-12-7-11-19-10-5-6-13-21(19)20/h2-13,17H,14-16H2,1H3,(H,23,24)/t17-/m1/s1. The second kappa shape index (κ2) is 7.78. The second-order valence-electron chi connectivity index (χ2n) is 6.25. The van der Waals surface area contributed by atoms with Crippen molar-refractivity contribution in [2.75, 3.05) is 6.54 Å². The van der Waals surface area contributed by atoms with Crippen molar-refractivity contribution in [3.63, 3.8) is 0 Å². The van der Waals surface area contributed by atoms with Gasteiger partial charge >= 0.3 is 0 Å². The van der Waals surface area contributed by atoms with E-state index in [0.717, 1.165) is 6.42 Å². The van der Waals surface area contributed by atoms with Gasteiger partial charge in [0.25, 0.3) is 0 Å². The Labute approximate surface area is 143 Å². The van der Waals surface area contributed by atoms with Gasteiger partial charge in [0, 0.05) is 13.0 Å². The minimum Gasteiger partial charge on any atom is -0.355 e. The molecule has 0 unspecified atom stereocenters. The van der Waals surface area contributed by atoms with Crippen LogP contribution in [-0.2, 0) is 11.2 Å². The summed E-state index contributed by atoms with van der Waals surface area (Å²) in [5.41, 5.74) is 2.49. The molecule has 3 aromatic rings. The van der Waals surface area contributed by atoms with Gasteiger partial charge in [0.2, 0.25) is 5.91 Å². The van der Waals surface area contributed by atoms with Crippen molar-refractivity contribution in [2.24, 2.45) is 0 Å². The Morgan fingerprint density at radius 2 is 1.62 bits per heavy atom. The maximum Gasteiger partial charge on any atom is 0.220 e. The molecule has 3 rings (SSSR count). The van der Waals surface area contributed by atoms with E-state index in [0.29, 0.717) is 18.9 Å². The summed E-state index contributed by atoms with van der Waals surface area (Å²) in [6.07, 6.45) is 1.29.